The predicted molar refractivity (Wildman–Crippen MR) is 97.5 cm³/mol. The van der Waals surface area contributed by atoms with Crippen LogP contribution in [-0.2, 0) is 4.79 Å². The molecule has 1 heterocycles. The lowest BCUT2D eigenvalue weighted by Gasteiger charge is -2.32. The van der Waals surface area contributed by atoms with Crippen molar-refractivity contribution < 1.29 is 14.5 Å². The Morgan fingerprint density at radius 1 is 1.08 bits per heavy atom. The molecule has 3 rings (SSSR count). The molecule has 1 aromatic rings. The molecule has 1 saturated heterocycles. The van der Waals surface area contributed by atoms with Gasteiger partial charge in [0.1, 0.15) is 0 Å². The molecule has 2 amide bonds. The van der Waals surface area contributed by atoms with Gasteiger partial charge in [0.05, 0.1) is 26.2 Å². The first-order valence-electron chi connectivity index (χ1n) is 9.59. The zero-order valence-electron chi connectivity index (χ0n) is 15.2. The van der Waals surface area contributed by atoms with Gasteiger partial charge in [-0.2, -0.15) is 0 Å². The van der Waals surface area contributed by atoms with Crippen LogP contribution in [0, 0.1) is 5.92 Å². The van der Waals surface area contributed by atoms with Gasteiger partial charge in [-0.1, -0.05) is 25.1 Å². The minimum Gasteiger partial charge on any atom is -0.348 e. The number of benzene rings is 1. The van der Waals surface area contributed by atoms with Crippen molar-refractivity contribution in [2.75, 3.05) is 32.7 Å². The Kier molecular flexibility index (Phi) is 6.08. The van der Waals surface area contributed by atoms with Gasteiger partial charge in [-0.15, -0.1) is 0 Å². The van der Waals surface area contributed by atoms with Crippen molar-refractivity contribution in [3.63, 3.8) is 0 Å². The predicted octanol–water partition coefficient (Wildman–Crippen LogP) is 0.722. The highest BCUT2D eigenvalue weighted by Gasteiger charge is 2.27. The molecule has 0 radical (unpaired) electrons. The average molecular weight is 344 g/mol. The number of hydrogen-bond acceptors (Lipinski definition) is 2. The second-order valence-electron chi connectivity index (χ2n) is 7.61. The minimum absolute atomic E-state index is 0.0976. The van der Waals surface area contributed by atoms with Crippen LogP contribution >= 0.6 is 0 Å². The number of quaternary nitrogens is 1. The second kappa shape index (κ2) is 8.48. The van der Waals surface area contributed by atoms with Crippen molar-refractivity contribution in [2.24, 2.45) is 5.92 Å². The van der Waals surface area contributed by atoms with E-state index in [4.69, 9.17) is 0 Å². The highest BCUT2D eigenvalue weighted by molar-refractivity contribution is 5.94. The average Bonchev–Trinajstić information content (AvgIpc) is 2.64. The molecule has 0 unspecified atom stereocenters. The molecule has 1 aliphatic heterocycles. The molecule has 0 spiro atoms. The van der Waals surface area contributed by atoms with Crippen LogP contribution in [0.1, 0.15) is 43.0 Å². The summed E-state index contributed by atoms with van der Waals surface area (Å²) in [6, 6.07) is 9.80. The van der Waals surface area contributed by atoms with Crippen molar-refractivity contribution in [1.82, 2.24) is 10.2 Å². The van der Waals surface area contributed by atoms with Crippen LogP contribution in [0.15, 0.2) is 30.3 Å². The van der Waals surface area contributed by atoms with E-state index in [1.165, 1.54) is 17.7 Å². The summed E-state index contributed by atoms with van der Waals surface area (Å²) in [5, 5.41) is 3.21. The number of piperazine rings is 1. The van der Waals surface area contributed by atoms with E-state index >= 15 is 0 Å². The molecule has 25 heavy (non-hydrogen) atoms. The molecule has 5 heteroatoms. The van der Waals surface area contributed by atoms with E-state index in [0.717, 1.165) is 50.5 Å². The Morgan fingerprint density at radius 2 is 1.72 bits per heavy atom. The van der Waals surface area contributed by atoms with Crippen molar-refractivity contribution in [3.05, 3.63) is 35.9 Å². The van der Waals surface area contributed by atoms with Crippen LogP contribution in [0.3, 0.4) is 0 Å². The lowest BCUT2D eigenvalue weighted by atomic mass is 9.87. The normalized spacial score (nSPS) is 24.8. The minimum atomic E-state index is 0.0976. The quantitative estimate of drug-likeness (QED) is 0.846. The van der Waals surface area contributed by atoms with E-state index in [9.17, 15) is 9.59 Å². The third-order valence-electron chi connectivity index (χ3n) is 5.57. The number of nitrogens with one attached hydrogen (secondary N) is 2. The van der Waals surface area contributed by atoms with Crippen molar-refractivity contribution in [2.45, 2.75) is 38.6 Å². The molecule has 2 N–H and O–H groups in total. The number of amides is 2. The molecule has 0 atom stereocenters. The van der Waals surface area contributed by atoms with E-state index in [0.29, 0.717) is 12.6 Å². The van der Waals surface area contributed by atoms with E-state index in [-0.39, 0.29) is 11.8 Å². The fourth-order valence-electron chi connectivity index (χ4n) is 3.88. The zero-order chi connectivity index (χ0) is 17.6. The summed E-state index contributed by atoms with van der Waals surface area (Å²) in [6.45, 7) is 5.94. The molecule has 136 valence electrons. The van der Waals surface area contributed by atoms with Crippen molar-refractivity contribution >= 4 is 11.8 Å². The third kappa shape index (κ3) is 5.05. The van der Waals surface area contributed by atoms with E-state index < -0.39 is 0 Å². The molecule has 1 aliphatic carbocycles. The maximum Gasteiger partial charge on any atom is 0.275 e. The summed E-state index contributed by atoms with van der Waals surface area (Å²) in [7, 11) is 0. The van der Waals surface area contributed by atoms with Crippen LogP contribution < -0.4 is 10.2 Å². The highest BCUT2D eigenvalue weighted by Crippen LogP contribution is 2.23. The number of hydrogen-bond donors (Lipinski definition) is 2. The molecule has 0 bridgehead atoms. The Morgan fingerprint density at radius 3 is 2.36 bits per heavy atom. The van der Waals surface area contributed by atoms with Gasteiger partial charge in [0.25, 0.3) is 11.8 Å². The number of carbonyl (C=O) groups excluding carboxylic acids is 2. The highest BCUT2D eigenvalue weighted by atomic mass is 16.2. The Hall–Kier alpha value is -1.88. The summed E-state index contributed by atoms with van der Waals surface area (Å²) < 4.78 is 0. The monoisotopic (exact) mass is 344 g/mol. The maximum absolute atomic E-state index is 12.5. The topological polar surface area (TPSA) is 53.9 Å². The molecular weight excluding hydrogens is 314 g/mol. The summed E-state index contributed by atoms with van der Waals surface area (Å²) >= 11 is 0. The first kappa shape index (κ1) is 17.9. The number of rotatable bonds is 4. The Balaban J connectivity index is 1.40. The molecule has 1 aromatic carbocycles. The first-order chi connectivity index (χ1) is 12.1. The fraction of sp³-hybridized carbons (Fsp3) is 0.600. The Labute approximate surface area is 150 Å². The summed E-state index contributed by atoms with van der Waals surface area (Å²) in [6.07, 6.45) is 4.67. The second-order valence-corrected chi connectivity index (χ2v) is 7.61. The van der Waals surface area contributed by atoms with Gasteiger partial charge in [0, 0.05) is 11.6 Å². The van der Waals surface area contributed by atoms with Crippen LogP contribution in [0.2, 0.25) is 0 Å². The fourth-order valence-corrected chi connectivity index (χ4v) is 3.88. The Bertz CT molecular complexity index is 574. The molecular formula is C20H30N3O2+. The molecule has 5 nitrogen and oxygen atoms in total. The van der Waals surface area contributed by atoms with E-state index in [1.807, 2.05) is 35.2 Å². The lowest BCUT2D eigenvalue weighted by molar-refractivity contribution is -0.896. The smallest absolute Gasteiger partial charge is 0.275 e. The van der Waals surface area contributed by atoms with Crippen LogP contribution in [0.25, 0.3) is 0 Å². The van der Waals surface area contributed by atoms with Gasteiger partial charge in [-0.05, 0) is 43.7 Å². The summed E-state index contributed by atoms with van der Waals surface area (Å²) in [5.74, 6) is 1.06. The summed E-state index contributed by atoms with van der Waals surface area (Å²) in [4.78, 5) is 27.9. The standard InChI is InChI=1S/C20H29N3O2/c1-16-7-9-18(10-8-16)21-19(24)15-22-11-13-23(14-12-22)20(25)17-5-3-2-4-6-17/h2-6,16,18H,7-15H2,1H3,(H,21,24)/p+1. The van der Waals surface area contributed by atoms with Crippen molar-refractivity contribution in [1.29, 1.82) is 0 Å². The molecule has 1 saturated carbocycles. The van der Waals surface area contributed by atoms with Crippen LogP contribution in [-0.4, -0.2) is 55.5 Å². The number of nitrogens with zero attached hydrogens (tertiary/aromatic N) is 1. The molecule has 0 aromatic heterocycles. The molecule has 2 fully saturated rings. The van der Waals surface area contributed by atoms with Gasteiger partial charge in [0.2, 0.25) is 0 Å². The van der Waals surface area contributed by atoms with Gasteiger partial charge < -0.3 is 15.1 Å². The van der Waals surface area contributed by atoms with E-state index in [1.54, 1.807) is 0 Å². The zero-order valence-corrected chi connectivity index (χ0v) is 15.2. The lowest BCUT2D eigenvalue weighted by Crippen LogP contribution is -3.15. The van der Waals surface area contributed by atoms with E-state index in [2.05, 4.69) is 12.2 Å². The van der Waals surface area contributed by atoms with Gasteiger partial charge in [-0.25, -0.2) is 0 Å². The van der Waals surface area contributed by atoms with Gasteiger partial charge in [-0.3, -0.25) is 9.59 Å². The van der Waals surface area contributed by atoms with Crippen LogP contribution in [0.5, 0.6) is 0 Å². The van der Waals surface area contributed by atoms with Crippen molar-refractivity contribution in [3.8, 4) is 0 Å². The summed E-state index contributed by atoms with van der Waals surface area (Å²) in [5.41, 5.74) is 0.746. The molecule has 2 aliphatic rings. The van der Waals surface area contributed by atoms with Gasteiger partial charge >= 0.3 is 0 Å². The SMILES string of the molecule is CC1CCC(NC(=O)C[NH+]2CCN(C(=O)c3ccccc3)CC2)CC1. The number of carbonyl (C=O) groups is 2. The maximum atomic E-state index is 12.5. The largest absolute Gasteiger partial charge is 0.348 e. The van der Waals surface area contributed by atoms with Crippen LogP contribution in [0.4, 0.5) is 0 Å². The van der Waals surface area contributed by atoms with Gasteiger partial charge in [0.15, 0.2) is 6.54 Å². The first-order valence-corrected chi connectivity index (χ1v) is 9.59. The third-order valence-corrected chi connectivity index (χ3v) is 5.57.